The van der Waals surface area contributed by atoms with Crippen LogP contribution in [-0.4, -0.2) is 24.6 Å². The summed E-state index contributed by atoms with van der Waals surface area (Å²) in [5, 5.41) is 0. The van der Waals surface area contributed by atoms with Gasteiger partial charge in [-0.2, -0.15) is 0 Å². The van der Waals surface area contributed by atoms with Crippen molar-refractivity contribution in [3.05, 3.63) is 96.1 Å². The Bertz CT molecular complexity index is 964. The molecule has 4 heteroatoms. The molecular formula is C30H36N2O2. The second kappa shape index (κ2) is 14.5. The molecule has 0 aliphatic carbocycles. The highest BCUT2D eigenvalue weighted by molar-refractivity contribution is 5.82. The highest BCUT2D eigenvalue weighted by Crippen LogP contribution is 2.20. The van der Waals surface area contributed by atoms with Gasteiger partial charge in [-0.25, -0.2) is 0 Å². The predicted octanol–water partition coefficient (Wildman–Crippen LogP) is 8.37. The molecule has 2 rings (SSSR count). The summed E-state index contributed by atoms with van der Waals surface area (Å²) < 4.78 is 11.4. The van der Waals surface area contributed by atoms with Gasteiger partial charge in [-0.05, 0) is 113 Å². The zero-order valence-electron chi connectivity index (χ0n) is 21.1. The Morgan fingerprint density at radius 2 is 0.971 bits per heavy atom. The van der Waals surface area contributed by atoms with E-state index >= 15 is 0 Å². The van der Waals surface area contributed by atoms with Crippen LogP contribution in [0, 0.1) is 0 Å². The summed E-state index contributed by atoms with van der Waals surface area (Å²) >= 11 is 0. The van der Waals surface area contributed by atoms with Crippen LogP contribution in [0.2, 0.25) is 0 Å². The molecule has 178 valence electrons. The smallest absolute Gasteiger partial charge is 0.119 e. The lowest BCUT2D eigenvalue weighted by Crippen LogP contribution is -2.04. The third kappa shape index (κ3) is 9.86. The van der Waals surface area contributed by atoms with E-state index in [0.29, 0.717) is 0 Å². The molecule has 0 aliphatic rings. The minimum absolute atomic E-state index is 0.152. The van der Waals surface area contributed by atoms with Crippen LogP contribution in [0.15, 0.2) is 106 Å². The van der Waals surface area contributed by atoms with E-state index < -0.39 is 0 Å². The molecule has 0 saturated carbocycles. The average Bonchev–Trinajstić information content (AvgIpc) is 2.79. The van der Waals surface area contributed by atoms with Gasteiger partial charge in [-0.1, -0.05) is 24.3 Å². The number of allylic oxidation sites excluding steroid dienone is 8. The monoisotopic (exact) mass is 456 g/mol. The Morgan fingerprint density at radius 3 is 1.26 bits per heavy atom. The Balaban J connectivity index is 2.17. The van der Waals surface area contributed by atoms with Crippen LogP contribution in [0.4, 0.5) is 11.4 Å². The summed E-state index contributed by atoms with van der Waals surface area (Å²) in [6.07, 6.45) is 16.1. The number of aliphatic imine (C=N–C) groups is 2. The van der Waals surface area contributed by atoms with Crippen LogP contribution >= 0.6 is 0 Å². The molecule has 0 N–H and O–H groups in total. The van der Waals surface area contributed by atoms with Gasteiger partial charge in [0.15, 0.2) is 0 Å². The van der Waals surface area contributed by atoms with Crippen LogP contribution in [0.1, 0.15) is 41.5 Å². The van der Waals surface area contributed by atoms with Crippen molar-refractivity contribution in [2.45, 2.75) is 53.8 Å². The molecular weight excluding hydrogens is 420 g/mol. The molecule has 0 saturated heterocycles. The zero-order chi connectivity index (χ0) is 24.8. The Hall–Kier alpha value is -3.66. The topological polar surface area (TPSA) is 43.2 Å². The molecule has 0 heterocycles. The van der Waals surface area contributed by atoms with Gasteiger partial charge < -0.3 is 9.47 Å². The molecule has 0 bridgehead atoms. The molecule has 2 aromatic carbocycles. The molecule has 0 unspecified atom stereocenters. The lowest BCUT2D eigenvalue weighted by atomic mass is 10.0. The van der Waals surface area contributed by atoms with Gasteiger partial charge in [0.1, 0.15) is 11.5 Å². The summed E-state index contributed by atoms with van der Waals surface area (Å²) in [4.78, 5) is 9.12. The SMILES string of the molecule is C\C=C/C(=C/C=Nc1ccc(OC(C)C)cc1)C(/C=C\C)=C/C=Nc1ccc(OC(C)C)cc1. The van der Waals surface area contributed by atoms with Crippen LogP contribution in [0.3, 0.4) is 0 Å². The summed E-state index contributed by atoms with van der Waals surface area (Å²) in [5.41, 5.74) is 3.82. The normalized spacial score (nSPS) is 13.4. The first-order valence-electron chi connectivity index (χ1n) is 11.7. The van der Waals surface area contributed by atoms with Crippen molar-refractivity contribution in [2.24, 2.45) is 9.98 Å². The average molecular weight is 457 g/mol. The third-order valence-corrected chi connectivity index (χ3v) is 4.40. The van der Waals surface area contributed by atoms with Gasteiger partial charge in [0, 0.05) is 12.4 Å². The van der Waals surface area contributed by atoms with Crippen molar-refractivity contribution in [2.75, 3.05) is 0 Å². The van der Waals surface area contributed by atoms with Crippen molar-refractivity contribution in [1.29, 1.82) is 0 Å². The van der Waals surface area contributed by atoms with E-state index in [-0.39, 0.29) is 12.2 Å². The molecule has 4 nitrogen and oxygen atoms in total. The second-order valence-corrected chi connectivity index (χ2v) is 8.12. The van der Waals surface area contributed by atoms with Crippen LogP contribution < -0.4 is 9.47 Å². The lowest BCUT2D eigenvalue weighted by molar-refractivity contribution is 0.242. The number of rotatable bonds is 11. The fraction of sp³-hybridized carbons (Fsp3) is 0.267. The van der Waals surface area contributed by atoms with Crippen LogP contribution in [-0.2, 0) is 0 Å². The van der Waals surface area contributed by atoms with Crippen molar-refractivity contribution in [3.63, 3.8) is 0 Å². The number of hydrogen-bond acceptors (Lipinski definition) is 4. The summed E-state index contributed by atoms with van der Waals surface area (Å²) in [5.74, 6) is 1.69. The maximum Gasteiger partial charge on any atom is 0.119 e. The molecule has 2 aromatic rings. The Morgan fingerprint density at radius 1 is 0.618 bits per heavy atom. The Kier molecular flexibility index (Phi) is 11.3. The van der Waals surface area contributed by atoms with Crippen LogP contribution in [0.25, 0.3) is 0 Å². The van der Waals surface area contributed by atoms with Gasteiger partial charge in [-0.15, -0.1) is 0 Å². The quantitative estimate of drug-likeness (QED) is 0.252. The maximum atomic E-state index is 5.69. The molecule has 0 atom stereocenters. The standard InChI is InChI=1S/C30H36N2O2/c1-7-9-25(19-21-31-27-11-15-29(16-12-27)33-23(3)4)26(10-8-2)20-22-32-28-13-17-30(18-14-28)34-24(5)6/h7-24H,1-6H3/b9-7-,10-8-,25-19-,26-20+,31-21?,32-22?. The molecule has 34 heavy (non-hydrogen) atoms. The van der Waals surface area contributed by atoms with E-state index in [9.17, 15) is 0 Å². The third-order valence-electron chi connectivity index (χ3n) is 4.40. The lowest BCUT2D eigenvalue weighted by Gasteiger charge is -2.09. The number of nitrogens with zero attached hydrogens (tertiary/aromatic N) is 2. The van der Waals surface area contributed by atoms with Gasteiger partial charge >= 0.3 is 0 Å². The molecule has 0 amide bonds. The maximum absolute atomic E-state index is 5.69. The van der Waals surface area contributed by atoms with E-state index in [2.05, 4.69) is 22.1 Å². The van der Waals surface area contributed by atoms with E-state index in [0.717, 1.165) is 34.0 Å². The summed E-state index contributed by atoms with van der Waals surface area (Å²) in [7, 11) is 0. The molecule has 0 radical (unpaired) electrons. The largest absolute Gasteiger partial charge is 0.491 e. The molecule has 0 spiro atoms. The molecule has 0 aliphatic heterocycles. The number of hydrogen-bond donors (Lipinski definition) is 0. The van der Waals surface area contributed by atoms with E-state index in [1.54, 1.807) is 0 Å². The highest BCUT2D eigenvalue weighted by Gasteiger charge is 1.99. The van der Waals surface area contributed by atoms with Crippen molar-refractivity contribution < 1.29 is 9.47 Å². The summed E-state index contributed by atoms with van der Waals surface area (Å²) in [6.45, 7) is 12.1. The van der Waals surface area contributed by atoms with Gasteiger partial charge in [0.2, 0.25) is 0 Å². The van der Waals surface area contributed by atoms with Crippen molar-refractivity contribution in [3.8, 4) is 11.5 Å². The van der Waals surface area contributed by atoms with Crippen molar-refractivity contribution in [1.82, 2.24) is 0 Å². The minimum atomic E-state index is 0.152. The highest BCUT2D eigenvalue weighted by atomic mass is 16.5. The van der Waals surface area contributed by atoms with E-state index in [1.807, 2.05) is 127 Å². The number of ether oxygens (including phenoxy) is 2. The predicted molar refractivity (Wildman–Crippen MR) is 147 cm³/mol. The minimum Gasteiger partial charge on any atom is -0.491 e. The van der Waals surface area contributed by atoms with Crippen molar-refractivity contribution >= 4 is 23.8 Å². The molecule has 0 aromatic heterocycles. The van der Waals surface area contributed by atoms with E-state index in [4.69, 9.17) is 9.47 Å². The number of benzene rings is 2. The molecule has 0 fully saturated rings. The Labute approximate surface area is 204 Å². The van der Waals surface area contributed by atoms with Crippen LogP contribution in [0.5, 0.6) is 11.5 Å². The zero-order valence-corrected chi connectivity index (χ0v) is 21.1. The summed E-state index contributed by atoms with van der Waals surface area (Å²) in [6, 6.07) is 15.5. The first-order chi connectivity index (χ1) is 16.4. The first-order valence-corrected chi connectivity index (χ1v) is 11.7. The van der Waals surface area contributed by atoms with Gasteiger partial charge in [-0.3, -0.25) is 9.98 Å². The fourth-order valence-electron chi connectivity index (χ4n) is 3.03. The fourth-order valence-corrected chi connectivity index (χ4v) is 3.03. The first kappa shape index (κ1) is 26.6. The van der Waals surface area contributed by atoms with E-state index in [1.165, 1.54) is 0 Å². The van der Waals surface area contributed by atoms with Gasteiger partial charge in [0.25, 0.3) is 0 Å². The van der Waals surface area contributed by atoms with Gasteiger partial charge in [0.05, 0.1) is 23.6 Å². The second-order valence-electron chi connectivity index (χ2n) is 8.12.